The zero-order valence-electron chi connectivity index (χ0n) is 13.7. The van der Waals surface area contributed by atoms with Crippen molar-refractivity contribution in [2.24, 2.45) is 0 Å². The minimum atomic E-state index is 0.0792. The van der Waals surface area contributed by atoms with Gasteiger partial charge in [-0.2, -0.15) is 0 Å². The number of hydrogen-bond acceptors (Lipinski definition) is 2. The molecule has 2 nitrogen and oxygen atoms in total. The molecule has 0 saturated carbocycles. The van der Waals surface area contributed by atoms with Crippen molar-refractivity contribution in [1.82, 2.24) is 0 Å². The van der Waals surface area contributed by atoms with Crippen molar-refractivity contribution in [1.29, 1.82) is 0 Å². The van der Waals surface area contributed by atoms with E-state index >= 15 is 0 Å². The van der Waals surface area contributed by atoms with Crippen LogP contribution in [0.15, 0.2) is 72.8 Å². The molecule has 0 N–H and O–H groups in total. The zero-order chi connectivity index (χ0) is 17.3. The van der Waals surface area contributed by atoms with Crippen LogP contribution in [0.25, 0.3) is 10.8 Å². The molecular weight excluding hydrogens is 343 g/mol. The van der Waals surface area contributed by atoms with Crippen molar-refractivity contribution in [2.75, 3.05) is 0 Å². The van der Waals surface area contributed by atoms with Gasteiger partial charge in [-0.15, -0.1) is 0 Å². The maximum atomic E-state index is 6.37. The van der Waals surface area contributed by atoms with Crippen LogP contribution in [0.5, 0.6) is 23.0 Å². The lowest BCUT2D eigenvalue weighted by Crippen LogP contribution is -2.57. The summed E-state index contributed by atoms with van der Waals surface area (Å²) in [6.07, 6.45) is 0. The van der Waals surface area contributed by atoms with Gasteiger partial charge in [-0.3, -0.25) is 0 Å². The molecule has 2 aliphatic heterocycles. The lowest BCUT2D eigenvalue weighted by molar-refractivity contribution is 0.467. The summed E-state index contributed by atoms with van der Waals surface area (Å²) in [5, 5.41) is 2.98. The maximum absolute atomic E-state index is 6.37. The number of fused-ring (bicyclic) bond motifs is 6. The quantitative estimate of drug-likeness (QED) is 0.380. The summed E-state index contributed by atoms with van der Waals surface area (Å²) in [4.78, 5) is 0. The van der Waals surface area contributed by atoms with Crippen molar-refractivity contribution in [2.45, 2.75) is 0 Å². The first-order valence-corrected chi connectivity index (χ1v) is 8.97. The molecule has 26 heavy (non-hydrogen) atoms. The molecule has 2 aliphatic rings. The van der Waals surface area contributed by atoms with Crippen molar-refractivity contribution >= 4 is 45.5 Å². The van der Waals surface area contributed by atoms with Gasteiger partial charge in [0.2, 0.25) is 0 Å². The van der Waals surface area contributed by atoms with Crippen LogP contribution in [0, 0.1) is 0 Å². The molecule has 0 fully saturated rings. The van der Waals surface area contributed by atoms with Gasteiger partial charge in [0, 0.05) is 15.9 Å². The van der Waals surface area contributed by atoms with Gasteiger partial charge in [-0.1, -0.05) is 60.1 Å². The highest BCUT2D eigenvalue weighted by molar-refractivity contribution is 6.98. The SMILES string of the molecule is Clc1ccc2c(c1)Oc1cccc3c1B2c1ccc2ccccc2c1O3. The molecule has 0 unspecified atom stereocenters. The molecule has 4 aromatic carbocycles. The molecule has 0 saturated heterocycles. The molecule has 0 aliphatic carbocycles. The van der Waals surface area contributed by atoms with Gasteiger partial charge >= 0.3 is 0 Å². The lowest BCUT2D eigenvalue weighted by atomic mass is 9.35. The third-order valence-corrected chi connectivity index (χ3v) is 5.49. The monoisotopic (exact) mass is 354 g/mol. The average Bonchev–Trinajstić information content (AvgIpc) is 2.67. The maximum Gasteiger partial charge on any atom is 0.260 e. The minimum absolute atomic E-state index is 0.0792. The predicted octanol–water partition coefficient (Wildman–Crippen LogP) is 4.22. The molecule has 4 heteroatoms. The Bertz CT molecular complexity index is 1220. The Kier molecular flexibility index (Phi) is 2.78. The first-order valence-electron chi connectivity index (χ1n) is 8.59. The van der Waals surface area contributed by atoms with Gasteiger partial charge in [0.1, 0.15) is 23.0 Å². The summed E-state index contributed by atoms with van der Waals surface area (Å²) < 4.78 is 12.5. The molecule has 0 radical (unpaired) electrons. The highest BCUT2D eigenvalue weighted by Gasteiger charge is 2.40. The minimum Gasteiger partial charge on any atom is -0.458 e. The summed E-state index contributed by atoms with van der Waals surface area (Å²) >= 11 is 6.21. The molecule has 0 aromatic heterocycles. The molecule has 6 rings (SSSR count). The first kappa shape index (κ1) is 14.3. The molecule has 4 aromatic rings. The largest absolute Gasteiger partial charge is 0.458 e. The Morgan fingerprint density at radius 2 is 1.50 bits per heavy atom. The number of benzene rings is 4. The second-order valence-electron chi connectivity index (χ2n) is 6.69. The van der Waals surface area contributed by atoms with E-state index in [1.807, 2.05) is 30.3 Å². The molecule has 2 heterocycles. The van der Waals surface area contributed by atoms with Gasteiger partial charge in [-0.05, 0) is 40.6 Å². The van der Waals surface area contributed by atoms with Crippen LogP contribution in [0.2, 0.25) is 5.02 Å². The average molecular weight is 355 g/mol. The second kappa shape index (κ2) is 5.06. The summed E-state index contributed by atoms with van der Waals surface area (Å²) in [7, 11) is 0. The van der Waals surface area contributed by atoms with Crippen molar-refractivity contribution < 1.29 is 9.47 Å². The smallest absolute Gasteiger partial charge is 0.260 e. The van der Waals surface area contributed by atoms with Crippen LogP contribution in [0.3, 0.4) is 0 Å². The molecule has 0 spiro atoms. The van der Waals surface area contributed by atoms with E-state index in [4.69, 9.17) is 21.1 Å². The van der Waals surface area contributed by atoms with Gasteiger partial charge < -0.3 is 9.47 Å². The summed E-state index contributed by atoms with van der Waals surface area (Å²) in [5.74, 6) is 3.44. The van der Waals surface area contributed by atoms with Crippen molar-refractivity contribution in [3.05, 3.63) is 77.8 Å². The van der Waals surface area contributed by atoms with E-state index in [1.165, 1.54) is 5.39 Å². The molecule has 0 amide bonds. The molecule has 122 valence electrons. The van der Waals surface area contributed by atoms with E-state index < -0.39 is 0 Å². The van der Waals surface area contributed by atoms with Crippen LogP contribution < -0.4 is 25.9 Å². The first-order chi connectivity index (χ1) is 12.8. The Morgan fingerprint density at radius 3 is 2.42 bits per heavy atom. The van der Waals surface area contributed by atoms with Crippen LogP contribution in [-0.2, 0) is 0 Å². The van der Waals surface area contributed by atoms with E-state index in [2.05, 4.69) is 42.5 Å². The molecule has 0 bridgehead atoms. The summed E-state index contributed by atoms with van der Waals surface area (Å²) in [5.41, 5.74) is 3.37. The van der Waals surface area contributed by atoms with Crippen LogP contribution in [0.1, 0.15) is 0 Å². The van der Waals surface area contributed by atoms with Gasteiger partial charge in [0.05, 0.1) is 0 Å². The third kappa shape index (κ3) is 1.84. The number of halogens is 1. The zero-order valence-corrected chi connectivity index (χ0v) is 14.5. The Hall–Kier alpha value is -2.91. The van der Waals surface area contributed by atoms with Crippen LogP contribution >= 0.6 is 11.6 Å². The molecule has 0 atom stereocenters. The van der Waals surface area contributed by atoms with E-state index in [1.54, 1.807) is 0 Å². The van der Waals surface area contributed by atoms with E-state index in [-0.39, 0.29) is 6.71 Å². The van der Waals surface area contributed by atoms with E-state index in [0.717, 1.165) is 44.8 Å². The highest BCUT2D eigenvalue weighted by Crippen LogP contribution is 2.37. The van der Waals surface area contributed by atoms with Gasteiger partial charge in [-0.25, -0.2) is 0 Å². The summed E-state index contributed by atoms with van der Waals surface area (Å²) in [6, 6.07) is 24.5. The van der Waals surface area contributed by atoms with E-state index in [0.29, 0.717) is 5.02 Å². The number of rotatable bonds is 0. The van der Waals surface area contributed by atoms with E-state index in [9.17, 15) is 0 Å². The normalized spacial score (nSPS) is 13.3. The standard InChI is InChI=1S/C22H12BClO2/c24-14-9-11-16-20(12-14)25-18-6-3-7-19-21(18)23(16)17-10-8-13-4-1-2-5-15(13)22(17)26-19/h1-12H. The number of ether oxygens (including phenoxy) is 2. The van der Waals surface area contributed by atoms with Crippen molar-refractivity contribution in [3.63, 3.8) is 0 Å². The van der Waals surface area contributed by atoms with Crippen LogP contribution in [0.4, 0.5) is 0 Å². The van der Waals surface area contributed by atoms with Gasteiger partial charge in [0.15, 0.2) is 0 Å². The topological polar surface area (TPSA) is 18.5 Å². The third-order valence-electron chi connectivity index (χ3n) is 5.25. The summed E-state index contributed by atoms with van der Waals surface area (Å²) in [6.45, 7) is 0.0792. The van der Waals surface area contributed by atoms with Crippen LogP contribution in [-0.4, -0.2) is 6.71 Å². The fourth-order valence-corrected chi connectivity index (χ4v) is 4.29. The number of hydrogen-bond donors (Lipinski definition) is 0. The Labute approximate surface area is 156 Å². The molecular formula is C22H12BClO2. The highest BCUT2D eigenvalue weighted by atomic mass is 35.5. The van der Waals surface area contributed by atoms with Gasteiger partial charge in [0.25, 0.3) is 6.71 Å². The second-order valence-corrected chi connectivity index (χ2v) is 7.13. The Balaban J connectivity index is 1.72. The fraction of sp³-hybridized carbons (Fsp3) is 0. The predicted molar refractivity (Wildman–Crippen MR) is 107 cm³/mol. The lowest BCUT2D eigenvalue weighted by Gasteiger charge is -2.33. The van der Waals surface area contributed by atoms with Crippen molar-refractivity contribution in [3.8, 4) is 23.0 Å². The Morgan fingerprint density at radius 1 is 0.692 bits per heavy atom. The fourth-order valence-electron chi connectivity index (χ4n) is 4.13.